The fraction of sp³-hybridized carbons (Fsp3) is 0.250. The monoisotopic (exact) mass is 353 g/mol. The van der Waals surface area contributed by atoms with Gasteiger partial charge in [-0.2, -0.15) is 0 Å². The van der Waals surface area contributed by atoms with Crippen molar-refractivity contribution in [2.24, 2.45) is 0 Å². The summed E-state index contributed by atoms with van der Waals surface area (Å²) in [5, 5.41) is 4.07. The lowest BCUT2D eigenvalue weighted by molar-refractivity contribution is 0.199. The van der Waals surface area contributed by atoms with Crippen LogP contribution in [0.2, 0.25) is 5.02 Å². The normalized spacial score (nSPS) is 10.8. The summed E-state index contributed by atoms with van der Waals surface area (Å²) in [6.45, 7) is 2.43. The fourth-order valence-corrected chi connectivity index (χ4v) is 2.54. The standard InChI is InChI=1S/C16H17BrClNO/c1-20-10-9-19-11-12-5-7-13(8-6-12)14-3-2-4-15(17)16(14)18/h2-8,19H,9-11H2,1H3. The van der Waals surface area contributed by atoms with E-state index in [0.717, 1.165) is 40.3 Å². The number of ether oxygens (including phenoxy) is 1. The minimum absolute atomic E-state index is 0.728. The molecule has 0 fully saturated rings. The zero-order chi connectivity index (χ0) is 14.4. The third kappa shape index (κ3) is 4.06. The first kappa shape index (κ1) is 15.5. The molecule has 0 aliphatic carbocycles. The van der Waals surface area contributed by atoms with Crippen molar-refractivity contribution in [1.29, 1.82) is 0 Å². The van der Waals surface area contributed by atoms with Crippen LogP contribution in [0, 0.1) is 0 Å². The summed E-state index contributed by atoms with van der Waals surface area (Å²) in [7, 11) is 1.71. The molecule has 2 aromatic carbocycles. The quantitative estimate of drug-likeness (QED) is 0.771. The van der Waals surface area contributed by atoms with Gasteiger partial charge in [0.2, 0.25) is 0 Å². The van der Waals surface area contributed by atoms with Gasteiger partial charge >= 0.3 is 0 Å². The molecule has 2 aromatic rings. The number of rotatable bonds is 6. The molecule has 0 amide bonds. The molecule has 106 valence electrons. The Bertz CT molecular complexity index is 557. The fourth-order valence-electron chi connectivity index (χ4n) is 1.94. The van der Waals surface area contributed by atoms with Crippen LogP contribution in [-0.2, 0) is 11.3 Å². The maximum atomic E-state index is 6.31. The minimum Gasteiger partial charge on any atom is -0.383 e. The van der Waals surface area contributed by atoms with E-state index >= 15 is 0 Å². The van der Waals surface area contributed by atoms with Crippen LogP contribution >= 0.6 is 27.5 Å². The lowest BCUT2D eigenvalue weighted by Gasteiger charge is -2.08. The minimum atomic E-state index is 0.728. The van der Waals surface area contributed by atoms with Gasteiger partial charge in [0.05, 0.1) is 11.6 Å². The molecule has 0 aromatic heterocycles. The Labute approximate surface area is 133 Å². The molecule has 0 unspecified atom stereocenters. The Morgan fingerprint density at radius 3 is 2.60 bits per heavy atom. The topological polar surface area (TPSA) is 21.3 Å². The molecule has 2 rings (SSSR count). The summed E-state index contributed by atoms with van der Waals surface area (Å²) in [6, 6.07) is 14.4. The van der Waals surface area contributed by atoms with E-state index in [9.17, 15) is 0 Å². The lowest BCUT2D eigenvalue weighted by Crippen LogP contribution is -2.18. The molecule has 0 saturated carbocycles. The van der Waals surface area contributed by atoms with Gasteiger partial charge in [0.25, 0.3) is 0 Å². The van der Waals surface area contributed by atoms with Crippen molar-refractivity contribution in [3.8, 4) is 11.1 Å². The van der Waals surface area contributed by atoms with E-state index in [1.807, 2.05) is 18.2 Å². The molecule has 0 saturated heterocycles. The number of methoxy groups -OCH3 is 1. The molecule has 20 heavy (non-hydrogen) atoms. The summed E-state index contributed by atoms with van der Waals surface area (Å²) in [5.41, 5.74) is 3.41. The second kappa shape index (κ2) is 7.79. The molecular formula is C16H17BrClNO. The summed E-state index contributed by atoms with van der Waals surface area (Å²) in [4.78, 5) is 0. The van der Waals surface area contributed by atoms with E-state index in [1.165, 1.54) is 5.56 Å². The molecule has 4 heteroatoms. The molecule has 2 nitrogen and oxygen atoms in total. The van der Waals surface area contributed by atoms with E-state index in [2.05, 4.69) is 45.5 Å². The third-order valence-electron chi connectivity index (χ3n) is 3.03. The number of hydrogen-bond donors (Lipinski definition) is 1. The largest absolute Gasteiger partial charge is 0.383 e. The van der Waals surface area contributed by atoms with Crippen LogP contribution < -0.4 is 5.32 Å². The number of nitrogens with one attached hydrogen (secondary N) is 1. The zero-order valence-corrected chi connectivity index (χ0v) is 13.7. The Kier molecular flexibility index (Phi) is 6.05. The summed E-state index contributed by atoms with van der Waals surface area (Å²) < 4.78 is 5.92. The SMILES string of the molecule is COCCNCc1ccc(-c2cccc(Br)c2Cl)cc1. The Morgan fingerprint density at radius 1 is 1.15 bits per heavy atom. The summed E-state index contributed by atoms with van der Waals surface area (Å²) >= 11 is 9.77. The van der Waals surface area contributed by atoms with Crippen LogP contribution in [0.15, 0.2) is 46.9 Å². The van der Waals surface area contributed by atoms with Crippen LogP contribution in [0.25, 0.3) is 11.1 Å². The van der Waals surface area contributed by atoms with E-state index < -0.39 is 0 Å². The van der Waals surface area contributed by atoms with E-state index in [4.69, 9.17) is 16.3 Å². The molecule has 0 aliphatic heterocycles. The van der Waals surface area contributed by atoms with Crippen LogP contribution in [-0.4, -0.2) is 20.3 Å². The number of benzene rings is 2. The van der Waals surface area contributed by atoms with E-state index in [0.29, 0.717) is 0 Å². The van der Waals surface area contributed by atoms with Gasteiger partial charge in [0.15, 0.2) is 0 Å². The average Bonchev–Trinajstić information content (AvgIpc) is 2.47. The van der Waals surface area contributed by atoms with E-state index in [-0.39, 0.29) is 0 Å². The summed E-state index contributed by atoms with van der Waals surface area (Å²) in [6.07, 6.45) is 0. The predicted molar refractivity (Wildman–Crippen MR) is 88.2 cm³/mol. The van der Waals surface area contributed by atoms with Gasteiger partial charge in [-0.05, 0) is 33.1 Å². The molecular weight excluding hydrogens is 338 g/mol. The van der Waals surface area contributed by atoms with E-state index in [1.54, 1.807) is 7.11 Å². The van der Waals surface area contributed by atoms with Crippen molar-refractivity contribution in [1.82, 2.24) is 5.32 Å². The highest BCUT2D eigenvalue weighted by Crippen LogP contribution is 2.33. The molecule has 0 bridgehead atoms. The second-order valence-corrected chi connectivity index (χ2v) is 5.70. The van der Waals surface area contributed by atoms with Gasteiger partial charge in [-0.1, -0.05) is 48.0 Å². The van der Waals surface area contributed by atoms with Crippen molar-refractivity contribution in [2.75, 3.05) is 20.3 Å². The Balaban J connectivity index is 2.06. The van der Waals surface area contributed by atoms with Gasteiger partial charge in [-0.15, -0.1) is 0 Å². The van der Waals surface area contributed by atoms with Crippen molar-refractivity contribution in [3.05, 3.63) is 57.5 Å². The van der Waals surface area contributed by atoms with Crippen molar-refractivity contribution < 1.29 is 4.74 Å². The highest BCUT2D eigenvalue weighted by Gasteiger charge is 2.06. The molecule has 1 N–H and O–H groups in total. The summed E-state index contributed by atoms with van der Waals surface area (Å²) in [5.74, 6) is 0. The first-order chi connectivity index (χ1) is 9.72. The van der Waals surface area contributed by atoms with Crippen molar-refractivity contribution in [3.63, 3.8) is 0 Å². The molecule has 0 spiro atoms. The second-order valence-electron chi connectivity index (χ2n) is 4.47. The zero-order valence-electron chi connectivity index (χ0n) is 11.3. The van der Waals surface area contributed by atoms with Gasteiger partial charge in [-0.25, -0.2) is 0 Å². The molecule has 0 radical (unpaired) electrons. The predicted octanol–water partition coefficient (Wildman–Crippen LogP) is 4.51. The smallest absolute Gasteiger partial charge is 0.0626 e. The molecule has 0 heterocycles. The molecule has 0 atom stereocenters. The highest BCUT2D eigenvalue weighted by atomic mass is 79.9. The first-order valence-corrected chi connectivity index (χ1v) is 7.62. The number of halogens is 2. The maximum Gasteiger partial charge on any atom is 0.0626 e. The Hall–Kier alpha value is -0.870. The van der Waals surface area contributed by atoms with Crippen LogP contribution in [0.4, 0.5) is 0 Å². The Morgan fingerprint density at radius 2 is 1.90 bits per heavy atom. The van der Waals surface area contributed by atoms with Gasteiger partial charge in [0.1, 0.15) is 0 Å². The molecule has 0 aliphatic rings. The maximum absolute atomic E-state index is 6.31. The van der Waals surface area contributed by atoms with Gasteiger partial charge < -0.3 is 10.1 Å². The van der Waals surface area contributed by atoms with Gasteiger partial charge in [-0.3, -0.25) is 0 Å². The van der Waals surface area contributed by atoms with Gasteiger partial charge in [0, 0.05) is 30.2 Å². The van der Waals surface area contributed by atoms with Crippen molar-refractivity contribution in [2.45, 2.75) is 6.54 Å². The van der Waals surface area contributed by atoms with Crippen LogP contribution in [0.5, 0.6) is 0 Å². The third-order valence-corrected chi connectivity index (χ3v) is 4.32. The van der Waals surface area contributed by atoms with Crippen LogP contribution in [0.1, 0.15) is 5.56 Å². The lowest BCUT2D eigenvalue weighted by atomic mass is 10.0. The van der Waals surface area contributed by atoms with Crippen LogP contribution in [0.3, 0.4) is 0 Å². The first-order valence-electron chi connectivity index (χ1n) is 6.45. The highest BCUT2D eigenvalue weighted by molar-refractivity contribution is 9.10. The van der Waals surface area contributed by atoms with Crippen molar-refractivity contribution >= 4 is 27.5 Å². The average molecular weight is 355 g/mol. The number of hydrogen-bond acceptors (Lipinski definition) is 2.